The Hall–Kier alpha value is -4.06. The molecule has 0 spiro atoms. The molecule has 0 saturated carbocycles. The molecule has 0 saturated heterocycles. The summed E-state index contributed by atoms with van der Waals surface area (Å²) in [5.74, 6) is 0.195. The van der Waals surface area contributed by atoms with E-state index in [0.29, 0.717) is 16.6 Å². The summed E-state index contributed by atoms with van der Waals surface area (Å²) in [5, 5.41) is 16.6. The van der Waals surface area contributed by atoms with Gasteiger partial charge < -0.3 is 5.11 Å². The number of aryl methyl sites for hydroxylation is 1. The zero-order valence-electron chi connectivity index (χ0n) is 28.8. The second-order valence-electron chi connectivity index (χ2n) is 13.7. The third-order valence-corrected chi connectivity index (χ3v) is 9.65. The van der Waals surface area contributed by atoms with Gasteiger partial charge in [-0.2, -0.15) is 13.2 Å². The van der Waals surface area contributed by atoms with Crippen LogP contribution in [-0.4, -0.2) is 15.9 Å². The number of carbonyl (C=O) groups excluding carboxylic acids is 1. The molecule has 257 valence electrons. The van der Waals surface area contributed by atoms with Gasteiger partial charge in [0.25, 0.3) is 0 Å². The van der Waals surface area contributed by atoms with Crippen molar-refractivity contribution >= 4 is 48.9 Å². The first-order chi connectivity index (χ1) is 22.6. The standard InChI is InChI=1S/C29H17F3N.C13H24O2.Ir/c1-17-6-8-21-19(14-17)7-9-24-23(21)10-11-26-25(24)12-13-33-28(26)20-15-18-4-2-3-5-22(18)27(16-20)29(30,31)32;1-7-12(3,4)10(14)9-11(15)13(5,6)8-2;/h2-14,16H,1H3;9,14H,7-8H2,1-6H3;/q-1;;/b;10-9-;. The van der Waals surface area contributed by atoms with Crippen molar-refractivity contribution in [1.82, 2.24) is 4.98 Å². The predicted molar refractivity (Wildman–Crippen MR) is 192 cm³/mol. The Morgan fingerprint density at radius 3 is 2.04 bits per heavy atom. The van der Waals surface area contributed by atoms with Crippen LogP contribution in [0, 0.1) is 23.8 Å². The maximum Gasteiger partial charge on any atom is 0.403 e. The van der Waals surface area contributed by atoms with E-state index in [9.17, 15) is 23.1 Å². The van der Waals surface area contributed by atoms with Gasteiger partial charge in [-0.1, -0.05) is 119 Å². The largest absolute Gasteiger partial charge is 0.512 e. The number of pyridine rings is 1. The molecule has 0 amide bonds. The number of fused-ring (bicyclic) bond motifs is 6. The molecule has 0 unspecified atom stereocenters. The number of rotatable bonds is 6. The SMILES string of the molecule is CCC(C)(C)C(=O)/C=C(\O)C(C)(C)CC.Cc1ccc2c(ccc3c4ccnc(-c5[c-]c6ccccc6c(C(F)(F)F)c5)c4ccc23)c1.[Ir]. The fraction of sp³-hybridized carbons (Fsp3) is 0.286. The molecule has 49 heavy (non-hydrogen) atoms. The van der Waals surface area contributed by atoms with Crippen molar-refractivity contribution < 1.29 is 43.2 Å². The quantitative estimate of drug-likeness (QED) is 0.0787. The molecule has 0 aliphatic rings. The second kappa shape index (κ2) is 14.4. The van der Waals surface area contributed by atoms with Gasteiger partial charge in [-0.3, -0.25) is 9.78 Å². The number of aliphatic hydroxyl groups excluding tert-OH is 1. The fourth-order valence-electron chi connectivity index (χ4n) is 5.61. The number of allylic oxidation sites excluding steroid dienone is 2. The number of carbonyl (C=O) groups is 1. The van der Waals surface area contributed by atoms with Gasteiger partial charge in [0.05, 0.1) is 0 Å². The Morgan fingerprint density at radius 2 is 1.37 bits per heavy atom. The number of halogens is 3. The number of hydrogen-bond donors (Lipinski definition) is 1. The van der Waals surface area contributed by atoms with Crippen molar-refractivity contribution in [2.75, 3.05) is 0 Å². The topological polar surface area (TPSA) is 50.2 Å². The first-order valence-electron chi connectivity index (χ1n) is 16.3. The molecular formula is C42H41F3IrNO2-. The first kappa shape index (κ1) is 37.8. The molecule has 0 atom stereocenters. The van der Waals surface area contributed by atoms with Gasteiger partial charge in [0.15, 0.2) is 5.78 Å². The average molecular weight is 841 g/mol. The molecule has 0 aliphatic carbocycles. The van der Waals surface area contributed by atoms with Gasteiger partial charge in [0, 0.05) is 48.9 Å². The smallest absolute Gasteiger partial charge is 0.403 e. The molecule has 3 nitrogen and oxygen atoms in total. The monoisotopic (exact) mass is 841 g/mol. The number of benzene rings is 5. The van der Waals surface area contributed by atoms with E-state index in [4.69, 9.17) is 0 Å². The van der Waals surface area contributed by atoms with Crippen LogP contribution in [0.4, 0.5) is 13.2 Å². The number of aliphatic hydroxyl groups is 1. The van der Waals surface area contributed by atoms with E-state index in [1.54, 1.807) is 24.4 Å². The van der Waals surface area contributed by atoms with Crippen LogP contribution in [0.5, 0.6) is 0 Å². The third-order valence-electron chi connectivity index (χ3n) is 9.65. The van der Waals surface area contributed by atoms with Crippen LogP contribution < -0.4 is 0 Å². The van der Waals surface area contributed by atoms with Gasteiger partial charge >= 0.3 is 6.18 Å². The Morgan fingerprint density at radius 1 is 0.776 bits per heavy atom. The Bertz CT molecular complexity index is 2200. The fourth-order valence-corrected chi connectivity index (χ4v) is 5.61. The minimum atomic E-state index is -4.47. The molecular weight excluding hydrogens is 800 g/mol. The van der Waals surface area contributed by atoms with Crippen molar-refractivity contribution in [3.8, 4) is 11.3 Å². The minimum Gasteiger partial charge on any atom is -0.512 e. The van der Waals surface area contributed by atoms with E-state index >= 15 is 0 Å². The van der Waals surface area contributed by atoms with Gasteiger partial charge in [-0.05, 0) is 63.7 Å². The predicted octanol–water partition coefficient (Wildman–Crippen LogP) is 12.4. The maximum atomic E-state index is 13.9. The molecule has 0 aliphatic heterocycles. The summed E-state index contributed by atoms with van der Waals surface area (Å²) in [6, 6.07) is 27.2. The van der Waals surface area contributed by atoms with Crippen LogP contribution in [0.1, 0.15) is 65.5 Å². The summed E-state index contributed by atoms with van der Waals surface area (Å²) in [5.41, 5.74) is 0.670. The number of nitrogens with zero attached hydrogens (tertiary/aromatic N) is 1. The molecule has 1 N–H and O–H groups in total. The van der Waals surface area contributed by atoms with Crippen molar-refractivity contribution in [3.05, 3.63) is 114 Å². The van der Waals surface area contributed by atoms with E-state index in [1.165, 1.54) is 17.7 Å². The number of alkyl halides is 3. The molecule has 1 aromatic heterocycles. The van der Waals surface area contributed by atoms with Crippen molar-refractivity contribution in [3.63, 3.8) is 0 Å². The maximum absolute atomic E-state index is 13.9. The van der Waals surface area contributed by atoms with Crippen LogP contribution in [-0.2, 0) is 31.1 Å². The summed E-state index contributed by atoms with van der Waals surface area (Å²) in [7, 11) is 0. The summed E-state index contributed by atoms with van der Waals surface area (Å²) in [4.78, 5) is 16.3. The Kier molecular flexibility index (Phi) is 11.1. The summed E-state index contributed by atoms with van der Waals surface area (Å²) >= 11 is 0. The average Bonchev–Trinajstić information content (AvgIpc) is 3.06. The van der Waals surface area contributed by atoms with Crippen LogP contribution >= 0.6 is 0 Å². The van der Waals surface area contributed by atoms with Crippen molar-refractivity contribution in [2.24, 2.45) is 10.8 Å². The zero-order chi connectivity index (χ0) is 35.0. The van der Waals surface area contributed by atoms with Gasteiger partial charge in [0.1, 0.15) is 5.76 Å². The van der Waals surface area contributed by atoms with Crippen LogP contribution in [0.3, 0.4) is 0 Å². The zero-order valence-corrected chi connectivity index (χ0v) is 31.2. The number of aromatic nitrogens is 1. The number of hydrogen-bond acceptors (Lipinski definition) is 3. The van der Waals surface area contributed by atoms with Gasteiger partial charge in [-0.25, -0.2) is 0 Å². The number of ketones is 1. The van der Waals surface area contributed by atoms with Crippen molar-refractivity contribution in [1.29, 1.82) is 0 Å². The van der Waals surface area contributed by atoms with Crippen LogP contribution in [0.25, 0.3) is 54.3 Å². The summed E-state index contributed by atoms with van der Waals surface area (Å²) < 4.78 is 41.6. The van der Waals surface area contributed by atoms with E-state index in [-0.39, 0.29) is 47.9 Å². The third kappa shape index (κ3) is 7.74. The van der Waals surface area contributed by atoms with Gasteiger partial charge in [-0.15, -0.1) is 23.6 Å². The molecule has 6 rings (SSSR count). The normalized spacial score (nSPS) is 12.6. The van der Waals surface area contributed by atoms with Crippen molar-refractivity contribution in [2.45, 2.75) is 67.5 Å². The van der Waals surface area contributed by atoms with E-state index in [0.717, 1.165) is 51.2 Å². The van der Waals surface area contributed by atoms with Gasteiger partial charge in [0.2, 0.25) is 0 Å². The molecule has 1 heterocycles. The van der Waals surface area contributed by atoms with E-state index < -0.39 is 11.7 Å². The molecule has 6 aromatic rings. The minimum absolute atomic E-state index is 0. The Labute approximate surface area is 299 Å². The second-order valence-corrected chi connectivity index (χ2v) is 13.7. The molecule has 0 bridgehead atoms. The molecule has 7 heteroatoms. The molecule has 0 fully saturated rings. The Balaban J connectivity index is 0.000000290. The summed E-state index contributed by atoms with van der Waals surface area (Å²) in [6.07, 6.45) is 0.175. The van der Waals surface area contributed by atoms with Crippen LogP contribution in [0.2, 0.25) is 0 Å². The van der Waals surface area contributed by atoms with E-state index in [1.807, 2.05) is 59.7 Å². The first-order valence-corrected chi connectivity index (χ1v) is 16.3. The van der Waals surface area contributed by atoms with E-state index in [2.05, 4.69) is 48.3 Å². The summed E-state index contributed by atoms with van der Waals surface area (Å²) in [6.45, 7) is 13.7. The van der Waals surface area contributed by atoms with Crippen LogP contribution in [0.15, 0.2) is 96.9 Å². The molecule has 5 aromatic carbocycles. The molecule has 1 radical (unpaired) electrons.